The first-order valence-electron chi connectivity index (χ1n) is 8.28. The predicted molar refractivity (Wildman–Crippen MR) is 110 cm³/mol. The van der Waals surface area contributed by atoms with Gasteiger partial charge in [0.25, 0.3) is 11.5 Å². The molecule has 0 fully saturated rings. The van der Waals surface area contributed by atoms with Crippen LogP contribution in [-0.4, -0.2) is 40.6 Å². The first kappa shape index (κ1) is 21.3. The Labute approximate surface area is 169 Å². The van der Waals surface area contributed by atoms with Crippen LogP contribution in [0.4, 0.5) is 0 Å². The van der Waals surface area contributed by atoms with Crippen molar-refractivity contribution >= 4 is 39.0 Å². The van der Waals surface area contributed by atoms with Gasteiger partial charge in [-0.1, -0.05) is 40.2 Å². The molecule has 0 radical (unpaired) electrons. The summed E-state index contributed by atoms with van der Waals surface area (Å²) in [7, 11) is 1.00. The van der Waals surface area contributed by atoms with Gasteiger partial charge in [0.05, 0.1) is 18.6 Å². The van der Waals surface area contributed by atoms with Crippen molar-refractivity contribution in [2.75, 3.05) is 13.7 Å². The molecule has 28 heavy (non-hydrogen) atoms. The van der Waals surface area contributed by atoms with Gasteiger partial charge < -0.3 is 24.9 Å². The number of pyridine rings is 1. The van der Waals surface area contributed by atoms with Gasteiger partial charge in [0.1, 0.15) is 17.6 Å². The summed E-state index contributed by atoms with van der Waals surface area (Å²) < 4.78 is 2.31. The van der Waals surface area contributed by atoms with E-state index in [1.165, 1.54) is 4.57 Å². The standard InChI is InChI=1S/C19H15BrN2O4.CH4O/c20-13-5-3-4-12(10-13)11-22-15-7-2-1-6-14(15)17(24)16(19(22)26)18(25)21-8-9-23;1-2/h1-7,9-10,24H,8,11H2,(H,21,25);2H,1H3. The maximum absolute atomic E-state index is 12.9. The molecule has 146 valence electrons. The normalized spacial score (nSPS) is 10.1. The number of amides is 1. The number of aliphatic hydroxyl groups excluding tert-OH is 1. The van der Waals surface area contributed by atoms with E-state index in [4.69, 9.17) is 5.11 Å². The van der Waals surface area contributed by atoms with Crippen LogP contribution in [0.1, 0.15) is 15.9 Å². The number of nitrogens with zero attached hydrogens (tertiary/aromatic N) is 1. The molecule has 3 rings (SSSR count). The number of aromatic nitrogens is 1. The number of hydrogen-bond donors (Lipinski definition) is 3. The van der Waals surface area contributed by atoms with Crippen molar-refractivity contribution in [2.45, 2.75) is 6.54 Å². The van der Waals surface area contributed by atoms with E-state index in [0.717, 1.165) is 17.1 Å². The van der Waals surface area contributed by atoms with Gasteiger partial charge in [-0.3, -0.25) is 9.59 Å². The van der Waals surface area contributed by atoms with E-state index in [1.54, 1.807) is 24.3 Å². The zero-order valence-corrected chi connectivity index (χ0v) is 16.6. The van der Waals surface area contributed by atoms with Crippen molar-refractivity contribution in [1.29, 1.82) is 0 Å². The number of nitrogens with one attached hydrogen (secondary N) is 1. The number of halogens is 1. The van der Waals surface area contributed by atoms with Gasteiger partial charge in [-0.15, -0.1) is 0 Å². The van der Waals surface area contributed by atoms with Crippen LogP contribution >= 0.6 is 15.9 Å². The van der Waals surface area contributed by atoms with Crippen LogP contribution in [0, 0.1) is 0 Å². The Morgan fingerprint density at radius 3 is 2.57 bits per heavy atom. The Hall–Kier alpha value is -2.97. The Kier molecular flexibility index (Phi) is 7.48. The van der Waals surface area contributed by atoms with Crippen LogP contribution in [0.3, 0.4) is 0 Å². The van der Waals surface area contributed by atoms with Crippen LogP contribution in [0.25, 0.3) is 10.9 Å². The van der Waals surface area contributed by atoms with Gasteiger partial charge in [0.15, 0.2) is 0 Å². The summed E-state index contributed by atoms with van der Waals surface area (Å²) >= 11 is 3.40. The predicted octanol–water partition coefficient (Wildman–Crippen LogP) is 2.06. The second kappa shape index (κ2) is 9.82. The van der Waals surface area contributed by atoms with Gasteiger partial charge in [-0.05, 0) is 29.8 Å². The van der Waals surface area contributed by atoms with Crippen molar-refractivity contribution in [2.24, 2.45) is 0 Å². The average Bonchev–Trinajstić information content (AvgIpc) is 2.71. The number of carbonyl (C=O) groups is 2. The van der Waals surface area contributed by atoms with E-state index in [9.17, 15) is 19.5 Å². The molecule has 8 heteroatoms. The second-order valence-electron chi connectivity index (χ2n) is 5.64. The highest BCUT2D eigenvalue weighted by molar-refractivity contribution is 9.10. The van der Waals surface area contributed by atoms with Gasteiger partial charge in [-0.2, -0.15) is 0 Å². The monoisotopic (exact) mass is 446 g/mol. The smallest absolute Gasteiger partial charge is 0.268 e. The van der Waals surface area contributed by atoms with Gasteiger partial charge in [0.2, 0.25) is 0 Å². The highest BCUT2D eigenvalue weighted by Crippen LogP contribution is 2.26. The SMILES string of the molecule is CO.O=CCNC(=O)c1c(O)c2ccccc2n(Cc2cccc(Br)c2)c1=O. The number of rotatable bonds is 5. The number of hydrogen-bond acceptors (Lipinski definition) is 5. The zero-order chi connectivity index (χ0) is 20.7. The third-order valence-electron chi connectivity index (χ3n) is 3.95. The number of para-hydroxylation sites is 1. The molecule has 3 aromatic rings. The van der Waals surface area contributed by atoms with Crippen molar-refractivity contribution in [3.63, 3.8) is 0 Å². The third kappa shape index (κ3) is 4.47. The van der Waals surface area contributed by atoms with E-state index >= 15 is 0 Å². The van der Waals surface area contributed by atoms with E-state index in [-0.39, 0.29) is 24.4 Å². The molecule has 1 aromatic heterocycles. The summed E-state index contributed by atoms with van der Waals surface area (Å²) in [6, 6.07) is 14.3. The lowest BCUT2D eigenvalue weighted by Gasteiger charge is -2.15. The summed E-state index contributed by atoms with van der Waals surface area (Å²) in [6.07, 6.45) is 0.510. The first-order valence-corrected chi connectivity index (χ1v) is 9.07. The van der Waals surface area contributed by atoms with Gasteiger partial charge >= 0.3 is 0 Å². The number of aldehydes is 1. The number of aliphatic hydroxyl groups is 1. The summed E-state index contributed by atoms with van der Waals surface area (Å²) in [5, 5.41) is 20.2. The molecule has 0 saturated carbocycles. The maximum atomic E-state index is 12.9. The molecule has 7 nitrogen and oxygen atoms in total. The quantitative estimate of drug-likeness (QED) is 0.519. The molecule has 0 spiro atoms. The third-order valence-corrected chi connectivity index (χ3v) is 4.44. The summed E-state index contributed by atoms with van der Waals surface area (Å²) in [4.78, 5) is 35.7. The zero-order valence-electron chi connectivity index (χ0n) is 15.1. The largest absolute Gasteiger partial charge is 0.506 e. The van der Waals surface area contributed by atoms with Crippen molar-refractivity contribution in [3.05, 3.63) is 74.5 Å². The van der Waals surface area contributed by atoms with E-state index < -0.39 is 11.5 Å². The molecular weight excluding hydrogens is 428 g/mol. The minimum atomic E-state index is -0.784. The molecule has 0 saturated heterocycles. The molecule has 0 unspecified atom stereocenters. The van der Waals surface area contributed by atoms with E-state index in [1.807, 2.05) is 24.3 Å². The van der Waals surface area contributed by atoms with E-state index in [0.29, 0.717) is 17.2 Å². The topological polar surface area (TPSA) is 109 Å². The lowest BCUT2D eigenvalue weighted by Crippen LogP contribution is -2.34. The highest BCUT2D eigenvalue weighted by atomic mass is 79.9. The molecule has 0 aliphatic rings. The second-order valence-corrected chi connectivity index (χ2v) is 6.55. The molecule has 2 aromatic carbocycles. The van der Waals surface area contributed by atoms with E-state index in [2.05, 4.69) is 21.2 Å². The average molecular weight is 447 g/mol. The first-order chi connectivity index (χ1) is 13.5. The lowest BCUT2D eigenvalue weighted by molar-refractivity contribution is -0.107. The van der Waals surface area contributed by atoms with Crippen LogP contribution in [0.5, 0.6) is 5.75 Å². The fraction of sp³-hybridized carbons (Fsp3) is 0.150. The molecule has 1 amide bonds. The Morgan fingerprint density at radius 2 is 1.89 bits per heavy atom. The molecule has 1 heterocycles. The minimum Gasteiger partial charge on any atom is -0.506 e. The lowest BCUT2D eigenvalue weighted by atomic mass is 10.1. The number of aromatic hydroxyl groups is 1. The fourth-order valence-corrected chi connectivity index (χ4v) is 3.24. The fourth-order valence-electron chi connectivity index (χ4n) is 2.79. The molecule has 0 atom stereocenters. The summed E-state index contributed by atoms with van der Waals surface area (Å²) in [5.41, 5.74) is 0.378. The molecular formula is C20H19BrN2O5. The molecule has 3 N–H and O–H groups in total. The summed E-state index contributed by atoms with van der Waals surface area (Å²) in [6.45, 7) is -0.0107. The Balaban J connectivity index is 0.00000136. The number of carbonyl (C=O) groups excluding carboxylic acids is 2. The molecule has 0 aliphatic heterocycles. The Morgan fingerprint density at radius 1 is 1.18 bits per heavy atom. The highest BCUT2D eigenvalue weighted by Gasteiger charge is 2.22. The van der Waals surface area contributed by atoms with Crippen LogP contribution < -0.4 is 10.9 Å². The summed E-state index contributed by atoms with van der Waals surface area (Å²) in [5.74, 6) is -1.17. The van der Waals surface area contributed by atoms with Crippen LogP contribution in [0.2, 0.25) is 0 Å². The van der Waals surface area contributed by atoms with Crippen LogP contribution in [0.15, 0.2) is 57.8 Å². The maximum Gasteiger partial charge on any atom is 0.268 e. The number of benzene rings is 2. The van der Waals surface area contributed by atoms with Crippen molar-refractivity contribution in [3.8, 4) is 5.75 Å². The number of fused-ring (bicyclic) bond motifs is 1. The Bertz CT molecular complexity index is 1060. The van der Waals surface area contributed by atoms with Gasteiger partial charge in [0, 0.05) is 17.0 Å². The molecule has 0 aliphatic carbocycles. The van der Waals surface area contributed by atoms with Crippen LogP contribution in [-0.2, 0) is 11.3 Å². The van der Waals surface area contributed by atoms with Crippen molar-refractivity contribution < 1.29 is 19.8 Å². The van der Waals surface area contributed by atoms with Gasteiger partial charge in [-0.25, -0.2) is 0 Å². The minimum absolute atomic E-state index is 0.229. The van der Waals surface area contributed by atoms with Crippen molar-refractivity contribution in [1.82, 2.24) is 9.88 Å². The molecule has 0 bridgehead atoms.